The number of carbonyl (C=O) groups excluding carboxylic acids is 1. The van der Waals surface area contributed by atoms with Crippen molar-refractivity contribution in [3.05, 3.63) is 24.3 Å². The quantitative estimate of drug-likeness (QED) is 0.766. The van der Waals surface area contributed by atoms with Crippen molar-refractivity contribution in [1.82, 2.24) is 5.32 Å². The van der Waals surface area contributed by atoms with Gasteiger partial charge in [-0.1, -0.05) is 12.8 Å². The Hall–Kier alpha value is -1.71. The average molecular weight is 247 g/mol. The van der Waals surface area contributed by atoms with Gasteiger partial charge in [0, 0.05) is 25.0 Å². The van der Waals surface area contributed by atoms with E-state index in [0.29, 0.717) is 0 Å². The van der Waals surface area contributed by atoms with E-state index in [9.17, 15) is 4.79 Å². The van der Waals surface area contributed by atoms with E-state index in [1.807, 2.05) is 24.3 Å². The van der Waals surface area contributed by atoms with Gasteiger partial charge in [0.2, 0.25) is 0 Å². The van der Waals surface area contributed by atoms with Gasteiger partial charge in [0.25, 0.3) is 0 Å². The van der Waals surface area contributed by atoms with Crippen LogP contribution in [0.1, 0.15) is 25.7 Å². The minimum atomic E-state index is -0.193. The first kappa shape index (κ1) is 12.7. The van der Waals surface area contributed by atoms with Crippen molar-refractivity contribution in [2.24, 2.45) is 5.92 Å². The molecule has 0 unspecified atom stereocenters. The van der Waals surface area contributed by atoms with E-state index >= 15 is 0 Å². The highest BCUT2D eigenvalue weighted by Gasteiger charge is 2.14. The van der Waals surface area contributed by atoms with Crippen LogP contribution in [0.5, 0.6) is 0 Å². The summed E-state index contributed by atoms with van der Waals surface area (Å²) in [5.41, 5.74) is 1.92. The molecule has 2 rings (SSSR count). The molecule has 4 nitrogen and oxygen atoms in total. The molecule has 1 aromatic carbocycles. The minimum Gasteiger partial charge on any atom is -0.385 e. The number of benzene rings is 1. The normalized spacial score (nSPS) is 15.4. The van der Waals surface area contributed by atoms with Crippen molar-refractivity contribution in [1.29, 1.82) is 0 Å². The molecule has 0 heterocycles. The summed E-state index contributed by atoms with van der Waals surface area (Å²) < 4.78 is 0. The zero-order valence-electron chi connectivity index (χ0n) is 10.8. The Kier molecular flexibility index (Phi) is 4.45. The van der Waals surface area contributed by atoms with E-state index < -0.39 is 0 Å². The van der Waals surface area contributed by atoms with Crippen molar-refractivity contribution in [2.75, 3.05) is 24.2 Å². The fourth-order valence-corrected chi connectivity index (χ4v) is 2.34. The Morgan fingerprint density at radius 3 is 2.39 bits per heavy atom. The number of anilines is 2. The molecule has 1 aliphatic rings. The molecule has 1 fully saturated rings. The largest absolute Gasteiger partial charge is 0.385 e. The number of carbonyl (C=O) groups is 1. The molecule has 4 heteroatoms. The maximum Gasteiger partial charge on any atom is 0.318 e. The highest BCUT2D eigenvalue weighted by molar-refractivity contribution is 5.89. The second-order valence-corrected chi connectivity index (χ2v) is 4.81. The van der Waals surface area contributed by atoms with Crippen LogP contribution in [0.2, 0.25) is 0 Å². The van der Waals surface area contributed by atoms with Crippen LogP contribution in [0.4, 0.5) is 16.2 Å². The molecule has 0 bridgehead atoms. The van der Waals surface area contributed by atoms with Crippen LogP contribution < -0.4 is 16.0 Å². The topological polar surface area (TPSA) is 53.2 Å². The predicted molar refractivity (Wildman–Crippen MR) is 75.0 cm³/mol. The molecule has 98 valence electrons. The summed E-state index contributed by atoms with van der Waals surface area (Å²) in [4.78, 5) is 11.1. The Morgan fingerprint density at radius 2 is 1.78 bits per heavy atom. The standard InChI is InChI=1S/C14H21N3O/c1-15-14(18)17-13-8-6-12(7-9-13)16-10-11-4-2-3-5-11/h6-9,11,16H,2-5,10H2,1H3,(H2,15,17,18). The molecule has 0 saturated heterocycles. The number of hydrogen-bond acceptors (Lipinski definition) is 2. The van der Waals surface area contributed by atoms with Crippen LogP contribution in [-0.4, -0.2) is 19.6 Å². The lowest BCUT2D eigenvalue weighted by atomic mass is 10.1. The zero-order valence-corrected chi connectivity index (χ0v) is 10.8. The van der Waals surface area contributed by atoms with E-state index in [2.05, 4.69) is 16.0 Å². The van der Waals surface area contributed by atoms with E-state index in [-0.39, 0.29) is 6.03 Å². The summed E-state index contributed by atoms with van der Waals surface area (Å²) in [7, 11) is 1.60. The van der Waals surface area contributed by atoms with Gasteiger partial charge in [-0.15, -0.1) is 0 Å². The van der Waals surface area contributed by atoms with Gasteiger partial charge in [0.05, 0.1) is 0 Å². The highest BCUT2D eigenvalue weighted by atomic mass is 16.2. The third-order valence-electron chi connectivity index (χ3n) is 3.44. The maximum absolute atomic E-state index is 11.1. The molecule has 18 heavy (non-hydrogen) atoms. The number of nitrogens with one attached hydrogen (secondary N) is 3. The summed E-state index contributed by atoms with van der Waals surface area (Å²) in [5, 5.41) is 8.72. The number of hydrogen-bond donors (Lipinski definition) is 3. The van der Waals surface area contributed by atoms with Gasteiger partial charge in [-0.2, -0.15) is 0 Å². The number of urea groups is 1. The fraction of sp³-hybridized carbons (Fsp3) is 0.500. The monoisotopic (exact) mass is 247 g/mol. The van der Waals surface area contributed by atoms with E-state index in [1.165, 1.54) is 25.7 Å². The Bertz CT molecular complexity index is 383. The fourth-order valence-electron chi connectivity index (χ4n) is 2.34. The summed E-state index contributed by atoms with van der Waals surface area (Å²) in [6, 6.07) is 7.63. The smallest absolute Gasteiger partial charge is 0.318 e. The molecule has 0 radical (unpaired) electrons. The average Bonchev–Trinajstić information content (AvgIpc) is 2.91. The minimum absolute atomic E-state index is 0.193. The molecular weight excluding hydrogens is 226 g/mol. The van der Waals surface area contributed by atoms with E-state index in [4.69, 9.17) is 0 Å². The Balaban J connectivity index is 1.81. The van der Waals surface area contributed by atoms with E-state index in [0.717, 1.165) is 23.8 Å². The van der Waals surface area contributed by atoms with Crippen LogP contribution in [0.3, 0.4) is 0 Å². The molecule has 0 aliphatic heterocycles. The Morgan fingerprint density at radius 1 is 1.17 bits per heavy atom. The van der Waals surface area contributed by atoms with Gasteiger partial charge in [-0.25, -0.2) is 4.79 Å². The molecule has 1 aromatic rings. The molecule has 0 atom stereocenters. The molecular formula is C14H21N3O. The van der Waals surface area contributed by atoms with Crippen molar-refractivity contribution in [3.63, 3.8) is 0 Å². The van der Waals surface area contributed by atoms with Crippen LogP contribution in [0.25, 0.3) is 0 Å². The summed E-state index contributed by atoms with van der Waals surface area (Å²) in [6.45, 7) is 1.06. The van der Waals surface area contributed by atoms with Crippen molar-refractivity contribution >= 4 is 17.4 Å². The van der Waals surface area contributed by atoms with Crippen molar-refractivity contribution < 1.29 is 4.79 Å². The van der Waals surface area contributed by atoms with Gasteiger partial charge in [0.1, 0.15) is 0 Å². The van der Waals surface area contributed by atoms with Crippen LogP contribution in [0, 0.1) is 5.92 Å². The number of rotatable bonds is 4. The van der Waals surface area contributed by atoms with E-state index in [1.54, 1.807) is 7.05 Å². The lowest BCUT2D eigenvalue weighted by Gasteiger charge is -2.12. The van der Waals surface area contributed by atoms with Gasteiger partial charge in [-0.3, -0.25) is 0 Å². The second kappa shape index (κ2) is 6.28. The molecule has 2 amide bonds. The molecule has 1 saturated carbocycles. The van der Waals surface area contributed by atoms with Gasteiger partial charge < -0.3 is 16.0 Å². The zero-order chi connectivity index (χ0) is 12.8. The molecule has 0 spiro atoms. The second-order valence-electron chi connectivity index (χ2n) is 4.81. The summed E-state index contributed by atoms with van der Waals surface area (Å²) >= 11 is 0. The van der Waals surface area contributed by atoms with Crippen LogP contribution in [0.15, 0.2) is 24.3 Å². The van der Waals surface area contributed by atoms with Gasteiger partial charge >= 0.3 is 6.03 Å². The molecule has 0 aromatic heterocycles. The Labute approximate surface area is 108 Å². The maximum atomic E-state index is 11.1. The van der Waals surface area contributed by atoms with Gasteiger partial charge in [-0.05, 0) is 43.0 Å². The lowest BCUT2D eigenvalue weighted by molar-refractivity contribution is 0.254. The first-order valence-electron chi connectivity index (χ1n) is 6.60. The molecule has 1 aliphatic carbocycles. The number of amides is 2. The summed E-state index contributed by atoms with van der Waals surface area (Å²) in [6.07, 6.45) is 5.45. The summed E-state index contributed by atoms with van der Waals surface area (Å²) in [5.74, 6) is 0.827. The first-order chi connectivity index (χ1) is 8.78. The van der Waals surface area contributed by atoms with Crippen LogP contribution in [-0.2, 0) is 0 Å². The lowest BCUT2D eigenvalue weighted by Crippen LogP contribution is -2.24. The highest BCUT2D eigenvalue weighted by Crippen LogP contribution is 2.25. The SMILES string of the molecule is CNC(=O)Nc1ccc(NCC2CCCC2)cc1. The predicted octanol–water partition coefficient (Wildman–Crippen LogP) is 3.04. The van der Waals surface area contributed by atoms with Crippen molar-refractivity contribution in [2.45, 2.75) is 25.7 Å². The van der Waals surface area contributed by atoms with Crippen molar-refractivity contribution in [3.8, 4) is 0 Å². The van der Waals surface area contributed by atoms with Gasteiger partial charge in [0.15, 0.2) is 0 Å². The first-order valence-corrected chi connectivity index (χ1v) is 6.60. The van der Waals surface area contributed by atoms with Crippen LogP contribution >= 0.6 is 0 Å². The third-order valence-corrected chi connectivity index (χ3v) is 3.44. The third kappa shape index (κ3) is 3.65. The molecule has 3 N–H and O–H groups in total.